The lowest BCUT2D eigenvalue weighted by Crippen LogP contribution is -2.25. The summed E-state index contributed by atoms with van der Waals surface area (Å²) >= 11 is 6.36. The molecule has 2 heterocycles. The van der Waals surface area contributed by atoms with E-state index < -0.39 is 18.4 Å². The first-order chi connectivity index (χ1) is 15.6. The first-order valence-electron chi connectivity index (χ1n) is 10.4. The molecule has 1 aliphatic rings. The molecule has 6 nitrogen and oxygen atoms in total. The predicted octanol–water partition coefficient (Wildman–Crippen LogP) is 5.01. The van der Waals surface area contributed by atoms with Crippen LogP contribution in [-0.2, 0) is 14.9 Å². The van der Waals surface area contributed by atoms with Gasteiger partial charge in [-0.1, -0.05) is 43.6 Å². The number of hydrogen-bond acceptors (Lipinski definition) is 5. The van der Waals surface area contributed by atoms with Gasteiger partial charge in [0, 0.05) is 29.9 Å². The van der Waals surface area contributed by atoms with Crippen molar-refractivity contribution in [2.45, 2.75) is 26.2 Å². The molecule has 0 amide bonds. The molecule has 0 fully saturated rings. The molecule has 0 aliphatic carbocycles. The van der Waals surface area contributed by atoms with E-state index in [4.69, 9.17) is 16.3 Å². The zero-order valence-electron chi connectivity index (χ0n) is 18.7. The Kier molecular flexibility index (Phi) is 5.84. The van der Waals surface area contributed by atoms with Crippen LogP contribution in [0.25, 0.3) is 5.69 Å². The lowest BCUT2D eigenvalue weighted by atomic mass is 9.83. The second-order valence-electron chi connectivity index (χ2n) is 8.41. The Bertz CT molecular complexity index is 1280. The Morgan fingerprint density at radius 2 is 1.82 bits per heavy atom. The molecule has 0 saturated carbocycles. The summed E-state index contributed by atoms with van der Waals surface area (Å²) in [5.74, 6) is -1.49. The number of esters is 1. The number of hydrogen-bond donors (Lipinski definition) is 0. The highest BCUT2D eigenvalue weighted by atomic mass is 35.5. The van der Waals surface area contributed by atoms with Crippen molar-refractivity contribution < 1.29 is 18.7 Å². The molecule has 0 N–H and O–H groups in total. The third-order valence-corrected chi connectivity index (χ3v) is 6.21. The standard InChI is InChI=1S/C25H23ClFN3O3/c1-15-22(23(26)30(28-15)17-11-9-16(27)10-12-17)24(32)33-14-18(31)13-21-25(2,3)19-7-5-6-8-20(19)29(21)4/h5-13H,14H2,1-4H3/b21-13-. The number of aryl methyl sites for hydroxylation is 1. The van der Waals surface area contributed by atoms with Gasteiger partial charge in [-0.2, -0.15) is 5.10 Å². The van der Waals surface area contributed by atoms with E-state index >= 15 is 0 Å². The van der Waals surface area contributed by atoms with Gasteiger partial charge in [-0.05, 0) is 42.8 Å². The highest BCUT2D eigenvalue weighted by Crippen LogP contribution is 2.46. The van der Waals surface area contributed by atoms with E-state index in [9.17, 15) is 14.0 Å². The predicted molar refractivity (Wildman–Crippen MR) is 125 cm³/mol. The van der Waals surface area contributed by atoms with Crippen LogP contribution in [0.1, 0.15) is 35.5 Å². The van der Waals surface area contributed by atoms with Crippen LogP contribution in [0.5, 0.6) is 0 Å². The quantitative estimate of drug-likeness (QED) is 0.390. The van der Waals surface area contributed by atoms with Gasteiger partial charge in [0.1, 0.15) is 16.5 Å². The van der Waals surface area contributed by atoms with Gasteiger partial charge in [0.2, 0.25) is 0 Å². The molecular formula is C25H23ClFN3O3. The van der Waals surface area contributed by atoms with E-state index in [2.05, 4.69) is 5.10 Å². The van der Waals surface area contributed by atoms with Crippen molar-refractivity contribution in [3.05, 3.63) is 88.1 Å². The number of aromatic nitrogens is 2. The molecule has 3 aromatic rings. The normalized spacial score (nSPS) is 15.6. The number of rotatable bonds is 5. The molecule has 8 heteroatoms. The summed E-state index contributed by atoms with van der Waals surface area (Å²) < 4.78 is 19.8. The molecule has 0 radical (unpaired) electrons. The Hall–Kier alpha value is -3.45. The molecule has 0 saturated heterocycles. The Balaban J connectivity index is 1.50. The van der Waals surface area contributed by atoms with Crippen LogP contribution in [0.15, 0.2) is 60.3 Å². The van der Waals surface area contributed by atoms with Gasteiger partial charge in [-0.3, -0.25) is 4.79 Å². The number of carbonyl (C=O) groups is 2. The average Bonchev–Trinajstić information content (AvgIpc) is 3.18. The molecule has 0 spiro atoms. The van der Waals surface area contributed by atoms with Crippen molar-refractivity contribution >= 4 is 29.0 Å². The Morgan fingerprint density at radius 3 is 2.48 bits per heavy atom. The van der Waals surface area contributed by atoms with Gasteiger partial charge in [-0.15, -0.1) is 0 Å². The molecule has 1 aromatic heterocycles. The summed E-state index contributed by atoms with van der Waals surface area (Å²) in [6.45, 7) is 5.28. The third kappa shape index (κ3) is 4.04. The first-order valence-corrected chi connectivity index (χ1v) is 10.8. The van der Waals surface area contributed by atoms with E-state index in [1.54, 1.807) is 6.92 Å². The van der Waals surface area contributed by atoms with Crippen molar-refractivity contribution in [1.29, 1.82) is 0 Å². The maximum Gasteiger partial charge on any atom is 0.343 e. The lowest BCUT2D eigenvalue weighted by Gasteiger charge is -2.23. The van der Waals surface area contributed by atoms with Crippen molar-refractivity contribution in [1.82, 2.24) is 9.78 Å². The zero-order valence-corrected chi connectivity index (χ0v) is 19.5. The number of nitrogens with zero attached hydrogens (tertiary/aromatic N) is 3. The number of allylic oxidation sites excluding steroid dienone is 1. The molecule has 170 valence electrons. The average molecular weight is 468 g/mol. The van der Waals surface area contributed by atoms with Crippen LogP contribution in [0, 0.1) is 12.7 Å². The molecule has 1 aliphatic heterocycles. The van der Waals surface area contributed by atoms with Gasteiger partial charge in [-0.25, -0.2) is 13.9 Å². The van der Waals surface area contributed by atoms with Crippen molar-refractivity contribution in [3.8, 4) is 5.69 Å². The third-order valence-electron chi connectivity index (χ3n) is 5.86. The number of anilines is 1. The minimum absolute atomic E-state index is 0.0296. The van der Waals surface area contributed by atoms with Crippen LogP contribution in [-0.4, -0.2) is 35.2 Å². The molecule has 33 heavy (non-hydrogen) atoms. The summed E-state index contributed by atoms with van der Waals surface area (Å²) in [7, 11) is 1.91. The minimum Gasteiger partial charge on any atom is -0.454 e. The van der Waals surface area contributed by atoms with Gasteiger partial charge in [0.25, 0.3) is 0 Å². The van der Waals surface area contributed by atoms with Crippen LogP contribution < -0.4 is 4.90 Å². The van der Waals surface area contributed by atoms with Crippen LogP contribution in [0.2, 0.25) is 5.15 Å². The second-order valence-corrected chi connectivity index (χ2v) is 8.77. The summed E-state index contributed by atoms with van der Waals surface area (Å²) in [6, 6.07) is 13.5. The summed E-state index contributed by atoms with van der Waals surface area (Å²) in [6.07, 6.45) is 1.52. The fraction of sp³-hybridized carbons (Fsp3) is 0.240. The summed E-state index contributed by atoms with van der Waals surface area (Å²) in [4.78, 5) is 27.3. The van der Waals surface area contributed by atoms with E-state index in [0.29, 0.717) is 11.4 Å². The number of likely N-dealkylation sites (N-methyl/N-ethyl adjacent to an activating group) is 1. The maximum atomic E-state index is 13.2. The van der Waals surface area contributed by atoms with E-state index in [1.807, 2.05) is 50.1 Å². The topological polar surface area (TPSA) is 64.4 Å². The summed E-state index contributed by atoms with van der Waals surface area (Å²) in [5.41, 5.74) is 3.52. The van der Waals surface area contributed by atoms with Crippen LogP contribution in [0.4, 0.5) is 10.1 Å². The zero-order chi connectivity index (χ0) is 23.9. The largest absolute Gasteiger partial charge is 0.454 e. The van der Waals surface area contributed by atoms with E-state index in [1.165, 1.54) is 35.0 Å². The monoisotopic (exact) mass is 467 g/mol. The fourth-order valence-corrected chi connectivity index (χ4v) is 4.50. The number of para-hydroxylation sites is 1. The molecule has 2 aromatic carbocycles. The number of fused-ring (bicyclic) bond motifs is 1. The molecule has 4 rings (SSSR count). The van der Waals surface area contributed by atoms with Crippen LogP contribution in [0.3, 0.4) is 0 Å². The fourth-order valence-electron chi connectivity index (χ4n) is 4.15. The number of ketones is 1. The van der Waals surface area contributed by atoms with Crippen molar-refractivity contribution in [2.24, 2.45) is 0 Å². The lowest BCUT2D eigenvalue weighted by molar-refractivity contribution is -0.117. The highest BCUT2D eigenvalue weighted by Gasteiger charge is 2.38. The van der Waals surface area contributed by atoms with Gasteiger partial charge < -0.3 is 9.64 Å². The number of halogens is 2. The Labute approximate surface area is 196 Å². The first kappa shape index (κ1) is 22.7. The van der Waals surface area contributed by atoms with E-state index in [0.717, 1.165) is 16.9 Å². The smallest absolute Gasteiger partial charge is 0.343 e. The maximum absolute atomic E-state index is 13.2. The molecule has 0 bridgehead atoms. The number of carbonyl (C=O) groups excluding carboxylic acids is 2. The highest BCUT2D eigenvalue weighted by molar-refractivity contribution is 6.33. The Morgan fingerprint density at radius 1 is 1.15 bits per heavy atom. The molecule has 0 unspecified atom stereocenters. The van der Waals surface area contributed by atoms with Crippen LogP contribution >= 0.6 is 11.6 Å². The van der Waals surface area contributed by atoms with Gasteiger partial charge >= 0.3 is 5.97 Å². The van der Waals surface area contributed by atoms with E-state index in [-0.39, 0.29) is 21.9 Å². The summed E-state index contributed by atoms with van der Waals surface area (Å²) in [5, 5.41) is 4.28. The van der Waals surface area contributed by atoms with Gasteiger partial charge in [0.05, 0.1) is 11.4 Å². The minimum atomic E-state index is -0.750. The van der Waals surface area contributed by atoms with Crippen molar-refractivity contribution in [2.75, 3.05) is 18.6 Å². The number of benzene rings is 2. The number of ether oxygens (including phenoxy) is 1. The second kappa shape index (κ2) is 8.48. The molecular weight excluding hydrogens is 445 g/mol. The SMILES string of the molecule is Cc1nn(-c2ccc(F)cc2)c(Cl)c1C(=O)OCC(=O)/C=C1\N(C)c2ccccc2C1(C)C. The molecule has 0 atom stereocenters. The van der Waals surface area contributed by atoms with Gasteiger partial charge in [0.15, 0.2) is 12.4 Å². The van der Waals surface area contributed by atoms with Crippen molar-refractivity contribution in [3.63, 3.8) is 0 Å².